The Morgan fingerprint density at radius 2 is 1.86 bits per heavy atom. The second-order valence-electron chi connectivity index (χ2n) is 7.90. The van der Waals surface area contributed by atoms with Crippen molar-refractivity contribution < 1.29 is 29.0 Å². The number of ketones is 1. The van der Waals surface area contributed by atoms with Gasteiger partial charge >= 0.3 is 11.9 Å². The number of methoxy groups -OCH3 is 1. The predicted octanol–water partition coefficient (Wildman–Crippen LogP) is 4.57. The van der Waals surface area contributed by atoms with Crippen LogP contribution in [0.4, 0.5) is 5.13 Å². The lowest BCUT2D eigenvalue weighted by atomic mass is 9.95. The fourth-order valence-corrected chi connectivity index (χ4v) is 5.02. The maximum Gasteiger partial charge on any atom is 0.350 e. The number of esters is 1. The molecule has 1 saturated heterocycles. The first kappa shape index (κ1) is 24.2. The number of amides is 1. The van der Waals surface area contributed by atoms with Gasteiger partial charge in [0.15, 0.2) is 5.13 Å². The second kappa shape index (κ2) is 9.71. The first-order valence-electron chi connectivity index (χ1n) is 10.9. The Kier molecular flexibility index (Phi) is 6.70. The molecule has 35 heavy (non-hydrogen) atoms. The van der Waals surface area contributed by atoms with E-state index >= 15 is 0 Å². The van der Waals surface area contributed by atoms with Crippen molar-refractivity contribution in [1.29, 1.82) is 0 Å². The van der Waals surface area contributed by atoms with E-state index in [1.165, 1.54) is 4.90 Å². The van der Waals surface area contributed by atoms with E-state index in [9.17, 15) is 19.5 Å². The van der Waals surface area contributed by atoms with E-state index in [-0.39, 0.29) is 27.9 Å². The van der Waals surface area contributed by atoms with Crippen molar-refractivity contribution in [2.24, 2.45) is 0 Å². The van der Waals surface area contributed by atoms with E-state index in [0.29, 0.717) is 22.6 Å². The van der Waals surface area contributed by atoms with E-state index in [4.69, 9.17) is 9.47 Å². The van der Waals surface area contributed by atoms with Gasteiger partial charge in [0.1, 0.15) is 16.4 Å². The molecular weight excluding hydrogens is 468 g/mol. The number of hydrogen-bond donors (Lipinski definition) is 1. The highest BCUT2D eigenvalue weighted by atomic mass is 32.1. The average molecular weight is 493 g/mol. The lowest BCUT2D eigenvalue weighted by Crippen LogP contribution is -2.29. The van der Waals surface area contributed by atoms with Gasteiger partial charge in [-0.15, -0.1) is 0 Å². The molecule has 0 aliphatic carbocycles. The lowest BCUT2D eigenvalue weighted by Gasteiger charge is -2.23. The van der Waals surface area contributed by atoms with E-state index in [2.05, 4.69) is 4.98 Å². The summed E-state index contributed by atoms with van der Waals surface area (Å²) >= 11 is 0.972. The van der Waals surface area contributed by atoms with Crippen molar-refractivity contribution in [1.82, 2.24) is 4.98 Å². The minimum absolute atomic E-state index is 0.0590. The quantitative estimate of drug-likeness (QED) is 0.232. The van der Waals surface area contributed by atoms with Crippen LogP contribution < -0.4 is 9.64 Å². The van der Waals surface area contributed by atoms with E-state index in [0.717, 1.165) is 16.9 Å². The summed E-state index contributed by atoms with van der Waals surface area (Å²) in [4.78, 5) is 44.8. The second-order valence-corrected chi connectivity index (χ2v) is 8.87. The van der Waals surface area contributed by atoms with Crippen molar-refractivity contribution in [3.05, 3.63) is 81.4 Å². The highest BCUT2D eigenvalue weighted by Gasteiger charge is 2.48. The maximum absolute atomic E-state index is 13.3. The molecule has 1 unspecified atom stereocenters. The first-order valence-corrected chi connectivity index (χ1v) is 11.8. The van der Waals surface area contributed by atoms with Gasteiger partial charge in [0, 0.05) is 5.56 Å². The van der Waals surface area contributed by atoms with Crippen molar-refractivity contribution in [2.75, 3.05) is 18.6 Å². The molecule has 1 fully saturated rings. The molecule has 180 valence electrons. The molecule has 1 aliphatic heterocycles. The minimum atomic E-state index is -0.931. The number of aliphatic hydroxyl groups excluding tert-OH is 1. The monoisotopic (exact) mass is 492 g/mol. The van der Waals surface area contributed by atoms with Gasteiger partial charge in [0.05, 0.1) is 31.0 Å². The molecule has 8 nitrogen and oxygen atoms in total. The number of nitrogens with zero attached hydrogens (tertiary/aromatic N) is 2. The number of benzene rings is 2. The lowest BCUT2D eigenvalue weighted by molar-refractivity contribution is -0.132. The van der Waals surface area contributed by atoms with Crippen LogP contribution in [-0.4, -0.2) is 41.5 Å². The van der Waals surface area contributed by atoms with Crippen molar-refractivity contribution in [2.45, 2.75) is 26.8 Å². The Morgan fingerprint density at radius 3 is 2.49 bits per heavy atom. The zero-order chi connectivity index (χ0) is 25.3. The van der Waals surface area contributed by atoms with Gasteiger partial charge in [-0.3, -0.25) is 14.5 Å². The summed E-state index contributed by atoms with van der Waals surface area (Å²) in [5.74, 6) is -1.89. The molecule has 1 N–H and O–H groups in total. The third-order valence-electron chi connectivity index (χ3n) is 5.68. The topological polar surface area (TPSA) is 106 Å². The van der Waals surface area contributed by atoms with Crippen molar-refractivity contribution >= 4 is 39.9 Å². The van der Waals surface area contributed by atoms with Crippen LogP contribution in [0.5, 0.6) is 5.75 Å². The standard InChI is InChI=1S/C26H24N2O6S/c1-5-34-25(32)23-15(3)27-26(35-23)28-20(16-9-7-6-8-10-16)19(22(30)24(28)31)21(29)17-11-12-18(33-4)14(2)13-17/h6-13,20,29H,5H2,1-4H3. The summed E-state index contributed by atoms with van der Waals surface area (Å²) in [5.41, 5.74) is 2.09. The molecule has 4 rings (SSSR count). The highest BCUT2D eigenvalue weighted by Crippen LogP contribution is 2.44. The van der Waals surface area contributed by atoms with Crippen LogP contribution in [0.1, 0.15) is 45.0 Å². The van der Waals surface area contributed by atoms with Crippen LogP contribution in [0, 0.1) is 13.8 Å². The molecule has 1 aromatic heterocycles. The van der Waals surface area contributed by atoms with Crippen LogP contribution in [0.3, 0.4) is 0 Å². The molecule has 0 bridgehead atoms. The fourth-order valence-electron chi connectivity index (χ4n) is 4.03. The Balaban J connectivity index is 1.89. The molecular formula is C26H24N2O6S. The summed E-state index contributed by atoms with van der Waals surface area (Å²) in [5, 5.41) is 11.4. The number of aliphatic hydroxyl groups is 1. The number of rotatable bonds is 6. The normalized spacial score (nSPS) is 17.0. The molecule has 2 aromatic carbocycles. The van der Waals surface area contributed by atoms with Gasteiger partial charge in [0.25, 0.3) is 5.78 Å². The minimum Gasteiger partial charge on any atom is -0.507 e. The van der Waals surface area contributed by atoms with E-state index in [1.54, 1.807) is 63.4 Å². The number of aryl methyl sites for hydroxylation is 2. The fraction of sp³-hybridized carbons (Fsp3) is 0.231. The van der Waals surface area contributed by atoms with Crippen molar-refractivity contribution in [3.63, 3.8) is 0 Å². The summed E-state index contributed by atoms with van der Waals surface area (Å²) in [6, 6.07) is 13.0. The molecule has 9 heteroatoms. The zero-order valence-corrected chi connectivity index (χ0v) is 20.5. The molecule has 0 radical (unpaired) electrons. The summed E-state index contributed by atoms with van der Waals surface area (Å²) in [6.07, 6.45) is 0. The van der Waals surface area contributed by atoms with Crippen LogP contribution in [0.25, 0.3) is 5.76 Å². The molecule has 1 aliphatic rings. The Labute approximate surface area is 206 Å². The van der Waals surface area contributed by atoms with Crippen LogP contribution in [-0.2, 0) is 14.3 Å². The number of aromatic nitrogens is 1. The number of anilines is 1. The molecule has 3 aromatic rings. The molecule has 0 saturated carbocycles. The van der Waals surface area contributed by atoms with Crippen LogP contribution in [0.2, 0.25) is 0 Å². The van der Waals surface area contributed by atoms with Crippen molar-refractivity contribution in [3.8, 4) is 5.75 Å². The Hall–Kier alpha value is -3.98. The summed E-state index contributed by atoms with van der Waals surface area (Å²) < 4.78 is 10.4. The maximum atomic E-state index is 13.3. The van der Waals surface area contributed by atoms with Crippen LogP contribution in [0.15, 0.2) is 54.1 Å². The highest BCUT2D eigenvalue weighted by molar-refractivity contribution is 7.17. The summed E-state index contributed by atoms with van der Waals surface area (Å²) in [6.45, 7) is 5.35. The largest absolute Gasteiger partial charge is 0.507 e. The van der Waals surface area contributed by atoms with Crippen LogP contribution >= 0.6 is 11.3 Å². The van der Waals surface area contributed by atoms with Gasteiger partial charge < -0.3 is 14.6 Å². The van der Waals surface area contributed by atoms with Gasteiger partial charge in [0.2, 0.25) is 0 Å². The Bertz CT molecular complexity index is 1350. The average Bonchev–Trinajstić information content (AvgIpc) is 3.36. The van der Waals surface area contributed by atoms with Gasteiger partial charge in [-0.25, -0.2) is 9.78 Å². The predicted molar refractivity (Wildman–Crippen MR) is 132 cm³/mol. The van der Waals surface area contributed by atoms with E-state index < -0.39 is 23.7 Å². The first-order chi connectivity index (χ1) is 16.8. The number of Topliss-reactive ketones (excluding diaryl/α,β-unsaturated/α-hetero) is 1. The summed E-state index contributed by atoms with van der Waals surface area (Å²) in [7, 11) is 1.55. The Morgan fingerprint density at radius 1 is 1.14 bits per heavy atom. The van der Waals surface area contributed by atoms with Gasteiger partial charge in [-0.1, -0.05) is 41.7 Å². The number of thiazole rings is 1. The molecule has 1 atom stereocenters. The number of carbonyl (C=O) groups excluding carboxylic acids is 3. The van der Waals surface area contributed by atoms with Gasteiger partial charge in [-0.2, -0.15) is 0 Å². The smallest absolute Gasteiger partial charge is 0.350 e. The van der Waals surface area contributed by atoms with Gasteiger partial charge in [-0.05, 0) is 50.1 Å². The number of carbonyl (C=O) groups is 3. The third-order valence-corrected chi connectivity index (χ3v) is 6.82. The molecule has 1 amide bonds. The zero-order valence-electron chi connectivity index (χ0n) is 19.7. The third kappa shape index (κ3) is 4.30. The SMILES string of the molecule is CCOC(=O)c1sc(N2C(=O)C(=O)C(=C(O)c3ccc(OC)c(C)c3)C2c2ccccc2)nc1C. The number of hydrogen-bond acceptors (Lipinski definition) is 8. The van der Waals surface area contributed by atoms with E-state index in [1.807, 2.05) is 13.0 Å². The molecule has 2 heterocycles. The molecule has 0 spiro atoms. The number of ether oxygens (including phenoxy) is 2.